The summed E-state index contributed by atoms with van der Waals surface area (Å²) in [5.74, 6) is 2.05. The second-order valence-corrected chi connectivity index (χ2v) is 10.7. The third kappa shape index (κ3) is 6.04. The van der Waals surface area contributed by atoms with Crippen molar-refractivity contribution in [2.45, 2.75) is 77.4 Å². The van der Waals surface area contributed by atoms with E-state index in [1.165, 1.54) is 12.8 Å². The van der Waals surface area contributed by atoms with E-state index in [1.807, 2.05) is 44.4 Å². The van der Waals surface area contributed by atoms with Crippen molar-refractivity contribution in [3.63, 3.8) is 0 Å². The van der Waals surface area contributed by atoms with Gasteiger partial charge in [0.25, 0.3) is 0 Å². The Balaban J connectivity index is 1.39. The smallest absolute Gasteiger partial charge is 0.412 e. The molecule has 0 unspecified atom stereocenters. The number of rotatable bonds is 8. The third-order valence-corrected chi connectivity index (χ3v) is 8.10. The van der Waals surface area contributed by atoms with Crippen LogP contribution in [0.5, 0.6) is 5.75 Å². The molecule has 1 N–H and O–H groups in total. The van der Waals surface area contributed by atoms with Crippen LogP contribution in [0.15, 0.2) is 30.6 Å². The number of carbonyl (C=O) groups is 1. The summed E-state index contributed by atoms with van der Waals surface area (Å²) in [6, 6.07) is 6.39. The maximum Gasteiger partial charge on any atom is 0.412 e. The molecule has 2 aliphatic rings. The summed E-state index contributed by atoms with van der Waals surface area (Å²) in [6.07, 6.45) is 9.63. The number of ether oxygens (including phenoxy) is 3. The van der Waals surface area contributed by atoms with Crippen LogP contribution < -0.4 is 10.1 Å². The van der Waals surface area contributed by atoms with E-state index in [2.05, 4.69) is 26.5 Å². The molecular weight excluding hydrogens is 494 g/mol. The molecule has 1 aliphatic heterocycles. The Kier molecular flexibility index (Phi) is 8.67. The van der Waals surface area contributed by atoms with Crippen LogP contribution in [0.1, 0.15) is 69.8 Å². The Labute approximate surface area is 230 Å². The molecule has 39 heavy (non-hydrogen) atoms. The van der Waals surface area contributed by atoms with E-state index in [0.29, 0.717) is 23.4 Å². The molecule has 1 saturated carbocycles. The topological polar surface area (TPSA) is 90.2 Å². The van der Waals surface area contributed by atoms with Gasteiger partial charge >= 0.3 is 6.09 Å². The van der Waals surface area contributed by atoms with Gasteiger partial charge in [0.15, 0.2) is 0 Å². The first-order valence-corrected chi connectivity index (χ1v) is 14.3. The maximum absolute atomic E-state index is 12.4. The molecule has 1 amide bonds. The molecule has 5 rings (SSSR count). The van der Waals surface area contributed by atoms with Gasteiger partial charge in [-0.25, -0.2) is 9.78 Å². The van der Waals surface area contributed by atoms with Gasteiger partial charge < -0.3 is 14.2 Å². The van der Waals surface area contributed by atoms with Gasteiger partial charge in [0.1, 0.15) is 17.7 Å². The van der Waals surface area contributed by atoms with Crippen molar-refractivity contribution in [1.82, 2.24) is 19.3 Å². The van der Waals surface area contributed by atoms with Gasteiger partial charge in [-0.3, -0.25) is 19.6 Å². The maximum atomic E-state index is 12.4. The average Bonchev–Trinajstić information content (AvgIpc) is 3.35. The highest BCUT2D eigenvalue weighted by Gasteiger charge is 2.30. The standard InChI is InChI=1S/C30H41N5O4/c1-5-6-20(2)39-30(36)32-25-12-9-23(19-26(25)37-4)27-28-21(3)31-13-14-35(28)29(33-27)22-7-10-24(11-8-22)34-15-17-38-18-16-34/h9,12-14,19-20,22,24H,5-8,10-11,15-18H2,1-4H3,(H,32,36)/t20-,22-,24-/m0/s1. The molecule has 1 saturated heterocycles. The first kappa shape index (κ1) is 27.4. The fourth-order valence-electron chi connectivity index (χ4n) is 6.08. The molecule has 3 heterocycles. The van der Waals surface area contributed by atoms with Crippen molar-refractivity contribution >= 4 is 17.3 Å². The summed E-state index contributed by atoms with van der Waals surface area (Å²) >= 11 is 0. The van der Waals surface area contributed by atoms with Crippen LogP contribution in [0, 0.1) is 6.92 Å². The zero-order valence-corrected chi connectivity index (χ0v) is 23.6. The number of hydrogen-bond donors (Lipinski definition) is 1. The largest absolute Gasteiger partial charge is 0.495 e. The van der Waals surface area contributed by atoms with E-state index >= 15 is 0 Å². The number of benzene rings is 1. The van der Waals surface area contributed by atoms with Crippen LogP contribution in [-0.2, 0) is 9.47 Å². The molecule has 2 fully saturated rings. The number of amides is 1. The summed E-state index contributed by atoms with van der Waals surface area (Å²) in [5, 5.41) is 2.83. The molecule has 2 aromatic heterocycles. The van der Waals surface area contributed by atoms with Crippen molar-refractivity contribution in [2.24, 2.45) is 0 Å². The fraction of sp³-hybridized carbons (Fsp3) is 0.567. The SMILES string of the molecule is CCC[C@H](C)OC(=O)Nc1ccc(-c2nc([C@H]3CC[C@H](N4CCOCC4)CC3)n3ccnc(C)c23)cc1OC. The molecule has 1 aromatic carbocycles. The summed E-state index contributed by atoms with van der Waals surface area (Å²) in [5.41, 5.74) is 4.32. The summed E-state index contributed by atoms with van der Waals surface area (Å²) in [6.45, 7) is 9.77. The monoisotopic (exact) mass is 535 g/mol. The minimum atomic E-state index is -0.482. The number of aromatic nitrogens is 3. The second kappa shape index (κ2) is 12.3. The molecule has 210 valence electrons. The Hall–Kier alpha value is -3.17. The normalized spacial score (nSPS) is 21.0. The molecule has 9 nitrogen and oxygen atoms in total. The number of aryl methyl sites for hydroxylation is 1. The highest BCUT2D eigenvalue weighted by atomic mass is 16.6. The van der Waals surface area contributed by atoms with Gasteiger partial charge in [-0.2, -0.15) is 0 Å². The van der Waals surface area contributed by atoms with Gasteiger partial charge in [0.05, 0.1) is 42.9 Å². The average molecular weight is 536 g/mol. The van der Waals surface area contributed by atoms with Crippen LogP contribution >= 0.6 is 0 Å². The minimum Gasteiger partial charge on any atom is -0.495 e. The lowest BCUT2D eigenvalue weighted by Gasteiger charge is -2.38. The number of methoxy groups -OCH3 is 1. The molecule has 1 aliphatic carbocycles. The highest BCUT2D eigenvalue weighted by molar-refractivity contribution is 5.89. The van der Waals surface area contributed by atoms with E-state index in [4.69, 9.17) is 19.2 Å². The van der Waals surface area contributed by atoms with Crippen molar-refractivity contribution in [2.75, 3.05) is 38.7 Å². The van der Waals surface area contributed by atoms with Crippen molar-refractivity contribution in [1.29, 1.82) is 0 Å². The van der Waals surface area contributed by atoms with E-state index in [-0.39, 0.29) is 6.10 Å². The number of anilines is 1. The number of nitrogens with one attached hydrogen (secondary N) is 1. The molecule has 9 heteroatoms. The lowest BCUT2D eigenvalue weighted by Crippen LogP contribution is -2.44. The Morgan fingerprint density at radius 2 is 1.97 bits per heavy atom. The zero-order chi connectivity index (χ0) is 27.4. The van der Waals surface area contributed by atoms with Crippen molar-refractivity contribution < 1.29 is 19.0 Å². The molecule has 0 radical (unpaired) electrons. The van der Waals surface area contributed by atoms with Crippen LogP contribution in [0.25, 0.3) is 16.8 Å². The number of imidazole rings is 1. The number of hydrogen-bond acceptors (Lipinski definition) is 7. The number of fused-ring (bicyclic) bond motifs is 1. The van der Waals surface area contributed by atoms with Crippen LogP contribution in [-0.4, -0.2) is 70.9 Å². The van der Waals surface area contributed by atoms with Crippen molar-refractivity contribution in [3.8, 4) is 17.0 Å². The van der Waals surface area contributed by atoms with E-state index in [1.54, 1.807) is 7.11 Å². The summed E-state index contributed by atoms with van der Waals surface area (Å²) in [7, 11) is 1.60. The van der Waals surface area contributed by atoms with Crippen LogP contribution in [0.2, 0.25) is 0 Å². The van der Waals surface area contributed by atoms with Gasteiger partial charge in [-0.15, -0.1) is 0 Å². The quantitative estimate of drug-likeness (QED) is 0.389. The number of morpholine rings is 1. The van der Waals surface area contributed by atoms with E-state index in [0.717, 1.165) is 80.3 Å². The van der Waals surface area contributed by atoms with Crippen molar-refractivity contribution in [3.05, 3.63) is 42.1 Å². The summed E-state index contributed by atoms with van der Waals surface area (Å²) < 4.78 is 18.9. The Morgan fingerprint density at radius 3 is 2.69 bits per heavy atom. The Bertz CT molecular complexity index is 1280. The molecule has 0 spiro atoms. The fourth-order valence-corrected chi connectivity index (χ4v) is 6.08. The molecular formula is C30H41N5O4. The minimum absolute atomic E-state index is 0.144. The molecule has 1 atom stereocenters. The predicted octanol–water partition coefficient (Wildman–Crippen LogP) is 5.81. The van der Waals surface area contributed by atoms with E-state index < -0.39 is 6.09 Å². The van der Waals surface area contributed by atoms with Gasteiger partial charge in [0.2, 0.25) is 0 Å². The van der Waals surface area contributed by atoms with Crippen LogP contribution in [0.3, 0.4) is 0 Å². The van der Waals surface area contributed by atoms with Crippen LogP contribution in [0.4, 0.5) is 10.5 Å². The molecule has 3 aromatic rings. The number of carbonyl (C=O) groups excluding carboxylic acids is 1. The molecule has 0 bridgehead atoms. The third-order valence-electron chi connectivity index (χ3n) is 8.10. The first-order valence-electron chi connectivity index (χ1n) is 14.3. The van der Waals surface area contributed by atoms with Gasteiger partial charge in [-0.05, 0) is 58.1 Å². The lowest BCUT2D eigenvalue weighted by molar-refractivity contribution is 0.00710. The number of nitrogens with zero attached hydrogens (tertiary/aromatic N) is 4. The van der Waals surface area contributed by atoms with E-state index in [9.17, 15) is 4.79 Å². The Morgan fingerprint density at radius 1 is 1.21 bits per heavy atom. The lowest BCUT2D eigenvalue weighted by atomic mass is 9.84. The second-order valence-electron chi connectivity index (χ2n) is 10.7. The summed E-state index contributed by atoms with van der Waals surface area (Å²) in [4.78, 5) is 24.8. The van der Waals surface area contributed by atoms with Gasteiger partial charge in [0, 0.05) is 43.0 Å². The first-order chi connectivity index (χ1) is 19.0. The zero-order valence-electron chi connectivity index (χ0n) is 23.6. The predicted molar refractivity (Wildman–Crippen MR) is 152 cm³/mol. The highest BCUT2D eigenvalue weighted by Crippen LogP contribution is 2.39. The van der Waals surface area contributed by atoms with Gasteiger partial charge in [-0.1, -0.05) is 19.4 Å².